The number of hydrogen-bond donors (Lipinski definition) is 0. The number of unbranched alkanes of at least 4 members (excludes halogenated alkanes) is 2. The summed E-state index contributed by atoms with van der Waals surface area (Å²) in [5.74, 6) is 2.66. The number of ether oxygens (including phenoxy) is 1. The monoisotopic (exact) mass is 550 g/mol. The van der Waals surface area contributed by atoms with Gasteiger partial charge in [0.05, 0.1) is 29.9 Å². The molecule has 0 radical (unpaired) electrons. The minimum Gasteiger partial charge on any atom is -0.494 e. The van der Waals surface area contributed by atoms with Crippen molar-refractivity contribution in [2.75, 3.05) is 6.61 Å². The van der Waals surface area contributed by atoms with E-state index in [1.165, 1.54) is 24.0 Å². The van der Waals surface area contributed by atoms with E-state index >= 15 is 0 Å². The Balaban J connectivity index is 0.000000771. The molecule has 0 aliphatic rings. The average Bonchev–Trinajstić information content (AvgIpc) is 2.94. The summed E-state index contributed by atoms with van der Waals surface area (Å²) in [7, 11) is -4.94. The first kappa shape index (κ1) is 30.3. The SMILES string of the molecule is CCCCCOc1ccc(-c2cc(-c3ccc(CC)cc3)[o+]c(-c3ccc(CC)cc3)c2)cc1.[O-][Cl+3]([O-])([O-])[O-]. The van der Waals surface area contributed by atoms with Crippen LogP contribution in [0.3, 0.4) is 0 Å². The van der Waals surface area contributed by atoms with E-state index in [9.17, 15) is 0 Å². The van der Waals surface area contributed by atoms with Crippen LogP contribution in [0.25, 0.3) is 33.8 Å². The normalized spacial score (nSPS) is 11.1. The molecule has 0 atom stereocenters. The molecule has 0 amide bonds. The summed E-state index contributed by atoms with van der Waals surface area (Å²) in [5, 5.41) is 0. The zero-order valence-electron chi connectivity index (χ0n) is 22.7. The molecule has 0 bridgehead atoms. The van der Waals surface area contributed by atoms with Gasteiger partial charge in [0.2, 0.25) is 0 Å². The molecule has 6 nitrogen and oxygen atoms in total. The van der Waals surface area contributed by atoms with Crippen LogP contribution < -0.4 is 23.4 Å². The van der Waals surface area contributed by atoms with Gasteiger partial charge < -0.3 is 4.74 Å². The van der Waals surface area contributed by atoms with Crippen molar-refractivity contribution in [3.8, 4) is 39.5 Å². The molecule has 0 saturated carbocycles. The third-order valence-corrected chi connectivity index (χ3v) is 6.29. The van der Waals surface area contributed by atoms with Crippen LogP contribution in [0.4, 0.5) is 0 Å². The van der Waals surface area contributed by atoms with Gasteiger partial charge in [-0.2, -0.15) is 0 Å². The average molecular weight is 551 g/mol. The molecule has 0 aliphatic heterocycles. The maximum absolute atomic E-state index is 8.49. The fourth-order valence-electron chi connectivity index (χ4n) is 4.05. The largest absolute Gasteiger partial charge is 0.494 e. The van der Waals surface area contributed by atoms with Crippen LogP contribution in [0.5, 0.6) is 5.75 Å². The van der Waals surface area contributed by atoms with Crippen molar-refractivity contribution in [2.24, 2.45) is 0 Å². The van der Waals surface area contributed by atoms with E-state index in [0.29, 0.717) is 0 Å². The highest BCUT2D eigenvalue weighted by atomic mass is 35.7. The molecule has 1 aromatic heterocycles. The van der Waals surface area contributed by atoms with E-state index < -0.39 is 10.2 Å². The van der Waals surface area contributed by atoms with Crippen molar-refractivity contribution in [1.29, 1.82) is 0 Å². The van der Waals surface area contributed by atoms with Crippen molar-refractivity contribution in [1.82, 2.24) is 0 Å². The predicted molar refractivity (Wildman–Crippen MR) is 143 cm³/mol. The van der Waals surface area contributed by atoms with Crippen molar-refractivity contribution in [3.05, 3.63) is 96.1 Å². The molecule has 0 unspecified atom stereocenters. The standard InChI is InChI=1S/C32H35O2.ClHO4/c1-4-7-8-21-33-30-19-17-26(18-20-30)29-22-31(27-13-9-24(5-2)10-14-27)34-32(23-29)28-15-11-25(6-3)12-16-28;2-1(3,4)5/h9-20,22-23H,4-8,21H2,1-3H3;(H,2,3,4,5)/q+1;/p-1. The van der Waals surface area contributed by atoms with Gasteiger partial charge >= 0.3 is 11.5 Å². The number of benzene rings is 3. The third-order valence-electron chi connectivity index (χ3n) is 6.29. The van der Waals surface area contributed by atoms with Gasteiger partial charge in [0.15, 0.2) is 0 Å². The van der Waals surface area contributed by atoms with Gasteiger partial charge in [0, 0.05) is 5.56 Å². The second-order valence-electron chi connectivity index (χ2n) is 9.13. The lowest BCUT2D eigenvalue weighted by Crippen LogP contribution is -2.68. The lowest BCUT2D eigenvalue weighted by Gasteiger charge is -2.17. The van der Waals surface area contributed by atoms with Crippen LogP contribution in [-0.2, 0) is 12.8 Å². The molecule has 3 aromatic carbocycles. The molecule has 0 aliphatic carbocycles. The molecule has 7 heteroatoms. The fraction of sp³-hybridized carbons (Fsp3) is 0.281. The highest BCUT2D eigenvalue weighted by Crippen LogP contribution is 2.34. The van der Waals surface area contributed by atoms with E-state index in [1.54, 1.807) is 0 Å². The van der Waals surface area contributed by atoms with Crippen LogP contribution >= 0.6 is 0 Å². The molecular formula is C32H35ClO6. The molecular weight excluding hydrogens is 516 g/mol. The van der Waals surface area contributed by atoms with E-state index in [1.807, 2.05) is 0 Å². The Bertz CT molecular complexity index is 1210. The minimum absolute atomic E-state index is 0.771. The maximum atomic E-state index is 8.49. The Hall–Kier alpha value is -3.26. The second kappa shape index (κ2) is 14.8. The summed E-state index contributed by atoms with van der Waals surface area (Å²) >= 11 is 0. The van der Waals surface area contributed by atoms with E-state index in [0.717, 1.165) is 65.4 Å². The molecule has 0 fully saturated rings. The molecule has 1 heterocycles. The van der Waals surface area contributed by atoms with Gasteiger partial charge in [-0.3, -0.25) is 0 Å². The number of hydrogen-bond acceptors (Lipinski definition) is 5. The number of halogens is 1. The number of rotatable bonds is 10. The minimum atomic E-state index is -4.94. The summed E-state index contributed by atoms with van der Waals surface area (Å²) in [6.07, 6.45) is 5.56. The first-order chi connectivity index (χ1) is 18.7. The van der Waals surface area contributed by atoms with Crippen LogP contribution in [0.15, 0.2) is 89.3 Å². The predicted octanol–water partition coefficient (Wildman–Crippen LogP) is 4.50. The Morgan fingerprint density at radius 3 is 1.44 bits per heavy atom. The van der Waals surface area contributed by atoms with E-state index in [4.69, 9.17) is 27.8 Å². The van der Waals surface area contributed by atoms with Crippen molar-refractivity contribution < 1.29 is 38.0 Å². The maximum Gasteiger partial charge on any atom is 0.361 e. The van der Waals surface area contributed by atoms with Crippen LogP contribution in [0, 0.1) is 10.2 Å². The summed E-state index contributed by atoms with van der Waals surface area (Å²) in [6, 6.07) is 30.0. The van der Waals surface area contributed by atoms with E-state index in [-0.39, 0.29) is 0 Å². The first-order valence-electron chi connectivity index (χ1n) is 13.2. The zero-order chi connectivity index (χ0) is 28.3. The van der Waals surface area contributed by atoms with Gasteiger partial charge in [0.1, 0.15) is 5.75 Å². The Morgan fingerprint density at radius 2 is 1.03 bits per heavy atom. The smallest absolute Gasteiger partial charge is 0.361 e. The summed E-state index contributed by atoms with van der Waals surface area (Å²) in [4.78, 5) is 0. The van der Waals surface area contributed by atoms with E-state index in [2.05, 4.69) is 106 Å². The molecule has 4 rings (SSSR count). The molecule has 0 spiro atoms. The fourth-order valence-corrected chi connectivity index (χ4v) is 4.05. The Kier molecular flexibility index (Phi) is 11.5. The molecule has 39 heavy (non-hydrogen) atoms. The topological polar surface area (TPSA) is 113 Å². The van der Waals surface area contributed by atoms with Crippen molar-refractivity contribution >= 4 is 0 Å². The molecule has 206 valence electrons. The third kappa shape index (κ3) is 10.1. The van der Waals surface area contributed by atoms with Crippen LogP contribution in [0.2, 0.25) is 0 Å². The zero-order valence-corrected chi connectivity index (χ0v) is 23.4. The van der Waals surface area contributed by atoms with Gasteiger partial charge in [-0.15, -0.1) is 10.2 Å². The summed E-state index contributed by atoms with van der Waals surface area (Å²) in [5.41, 5.74) is 7.10. The molecule has 0 N–H and O–H groups in total. The van der Waals surface area contributed by atoms with Gasteiger partial charge in [-0.1, -0.05) is 70.0 Å². The van der Waals surface area contributed by atoms with Gasteiger partial charge in [-0.05, 0) is 72.4 Å². The molecule has 4 aromatic rings. The lowest BCUT2D eigenvalue weighted by atomic mass is 10.0. The van der Waals surface area contributed by atoms with Gasteiger partial charge in [-0.25, -0.2) is 23.1 Å². The Labute approximate surface area is 232 Å². The highest BCUT2D eigenvalue weighted by Gasteiger charge is 2.20. The highest BCUT2D eigenvalue weighted by molar-refractivity contribution is 5.75. The van der Waals surface area contributed by atoms with Crippen molar-refractivity contribution in [3.63, 3.8) is 0 Å². The Morgan fingerprint density at radius 1 is 0.590 bits per heavy atom. The van der Waals surface area contributed by atoms with Gasteiger partial charge in [0.25, 0.3) is 0 Å². The quantitative estimate of drug-likeness (QED) is 0.212. The van der Waals surface area contributed by atoms with Crippen molar-refractivity contribution in [2.45, 2.75) is 52.9 Å². The second-order valence-corrected chi connectivity index (χ2v) is 9.89. The summed E-state index contributed by atoms with van der Waals surface area (Å²) in [6.45, 7) is 7.33. The lowest BCUT2D eigenvalue weighted by molar-refractivity contribution is -2.00. The number of aryl methyl sites for hydroxylation is 2. The van der Waals surface area contributed by atoms with Crippen LogP contribution in [-0.4, -0.2) is 6.61 Å². The first-order valence-corrected chi connectivity index (χ1v) is 14.4. The van der Waals surface area contributed by atoms with Crippen LogP contribution in [0.1, 0.15) is 51.2 Å². The summed E-state index contributed by atoms with van der Waals surface area (Å²) < 4.78 is 46.3. The molecule has 0 saturated heterocycles.